The zero-order valence-electron chi connectivity index (χ0n) is 8.28. The first-order valence-electron chi connectivity index (χ1n) is 5.79. The molecule has 3 aliphatic rings. The number of nitrogens with two attached hydrogens (primary N) is 1. The van der Waals surface area contributed by atoms with Crippen molar-refractivity contribution in [1.82, 2.24) is 4.90 Å². The fourth-order valence-corrected chi connectivity index (χ4v) is 3.26. The SMILES string of the molecule is NC1C[C@@H]2CN(CC3CC3)C[C@@H]2C1. The molecule has 2 nitrogen and oxygen atoms in total. The maximum absolute atomic E-state index is 5.97. The van der Waals surface area contributed by atoms with Crippen molar-refractivity contribution in [3.63, 3.8) is 0 Å². The molecule has 2 aliphatic carbocycles. The van der Waals surface area contributed by atoms with Crippen molar-refractivity contribution in [3.8, 4) is 0 Å². The lowest BCUT2D eigenvalue weighted by molar-refractivity contribution is 0.295. The van der Waals surface area contributed by atoms with Gasteiger partial charge in [-0.2, -0.15) is 0 Å². The van der Waals surface area contributed by atoms with E-state index in [-0.39, 0.29) is 0 Å². The van der Waals surface area contributed by atoms with Gasteiger partial charge in [0.05, 0.1) is 0 Å². The molecule has 2 N–H and O–H groups in total. The summed E-state index contributed by atoms with van der Waals surface area (Å²) in [6, 6.07) is 0.526. The summed E-state index contributed by atoms with van der Waals surface area (Å²) in [5, 5.41) is 0. The predicted molar refractivity (Wildman–Crippen MR) is 53.4 cm³/mol. The summed E-state index contributed by atoms with van der Waals surface area (Å²) < 4.78 is 0. The van der Waals surface area contributed by atoms with Crippen molar-refractivity contribution in [2.45, 2.75) is 31.7 Å². The Labute approximate surface area is 80.5 Å². The Hall–Kier alpha value is -0.0800. The molecule has 1 heterocycles. The summed E-state index contributed by atoms with van der Waals surface area (Å²) in [6.07, 6.45) is 5.58. The molecule has 3 atom stereocenters. The highest BCUT2D eigenvalue weighted by atomic mass is 15.2. The van der Waals surface area contributed by atoms with Crippen LogP contribution in [0.5, 0.6) is 0 Å². The third kappa shape index (κ3) is 1.62. The lowest BCUT2D eigenvalue weighted by Gasteiger charge is -2.16. The molecule has 1 saturated heterocycles. The second-order valence-electron chi connectivity index (χ2n) is 5.41. The molecule has 0 aromatic rings. The van der Waals surface area contributed by atoms with Crippen molar-refractivity contribution in [1.29, 1.82) is 0 Å². The molecule has 3 rings (SSSR count). The van der Waals surface area contributed by atoms with Crippen LogP contribution in [-0.4, -0.2) is 30.6 Å². The lowest BCUT2D eigenvalue weighted by atomic mass is 10.0. The Morgan fingerprint density at radius 1 is 1.08 bits per heavy atom. The van der Waals surface area contributed by atoms with Gasteiger partial charge in [-0.15, -0.1) is 0 Å². The van der Waals surface area contributed by atoms with E-state index in [0.717, 1.165) is 17.8 Å². The fraction of sp³-hybridized carbons (Fsp3) is 1.00. The molecular weight excluding hydrogens is 160 g/mol. The molecule has 2 saturated carbocycles. The van der Waals surface area contributed by atoms with Gasteiger partial charge in [0.15, 0.2) is 0 Å². The molecule has 0 radical (unpaired) electrons. The molecule has 1 aliphatic heterocycles. The third-order valence-corrected chi connectivity index (χ3v) is 4.08. The van der Waals surface area contributed by atoms with Crippen LogP contribution < -0.4 is 5.73 Å². The predicted octanol–water partition coefficient (Wildman–Crippen LogP) is 1.07. The summed E-state index contributed by atoms with van der Waals surface area (Å²) in [5.41, 5.74) is 5.97. The van der Waals surface area contributed by atoms with Gasteiger partial charge in [-0.1, -0.05) is 0 Å². The van der Waals surface area contributed by atoms with Crippen LogP contribution in [0.25, 0.3) is 0 Å². The van der Waals surface area contributed by atoms with E-state index in [4.69, 9.17) is 5.73 Å². The zero-order valence-corrected chi connectivity index (χ0v) is 8.28. The second-order valence-corrected chi connectivity index (χ2v) is 5.41. The van der Waals surface area contributed by atoms with Crippen molar-refractivity contribution in [2.75, 3.05) is 19.6 Å². The molecule has 1 unspecified atom stereocenters. The Morgan fingerprint density at radius 2 is 1.69 bits per heavy atom. The largest absolute Gasteiger partial charge is 0.328 e. The lowest BCUT2D eigenvalue weighted by Crippen LogP contribution is -2.27. The minimum Gasteiger partial charge on any atom is -0.328 e. The van der Waals surface area contributed by atoms with Crippen molar-refractivity contribution >= 4 is 0 Å². The van der Waals surface area contributed by atoms with Crippen LogP contribution >= 0.6 is 0 Å². The van der Waals surface area contributed by atoms with Gasteiger partial charge in [-0.3, -0.25) is 0 Å². The highest BCUT2D eigenvalue weighted by molar-refractivity contribution is 4.94. The molecule has 0 amide bonds. The maximum atomic E-state index is 5.97. The average Bonchev–Trinajstić information content (AvgIpc) is 2.68. The van der Waals surface area contributed by atoms with Gasteiger partial charge in [0.25, 0.3) is 0 Å². The third-order valence-electron chi connectivity index (χ3n) is 4.08. The standard InChI is InChI=1S/C11H20N2/c12-11-3-9-6-13(5-8-1-2-8)7-10(9)4-11/h8-11H,1-7,12H2/t9-,10+,11?. The highest BCUT2D eigenvalue weighted by Crippen LogP contribution is 2.39. The van der Waals surface area contributed by atoms with Gasteiger partial charge in [-0.25, -0.2) is 0 Å². The molecule has 13 heavy (non-hydrogen) atoms. The van der Waals surface area contributed by atoms with Crippen molar-refractivity contribution in [2.24, 2.45) is 23.5 Å². The number of hydrogen-bond donors (Lipinski definition) is 1. The van der Waals surface area contributed by atoms with Crippen LogP contribution in [0.15, 0.2) is 0 Å². The topological polar surface area (TPSA) is 29.3 Å². The molecule has 0 bridgehead atoms. The van der Waals surface area contributed by atoms with Crippen LogP contribution in [0.3, 0.4) is 0 Å². The highest BCUT2D eigenvalue weighted by Gasteiger charge is 2.40. The van der Waals surface area contributed by atoms with Crippen LogP contribution in [0.2, 0.25) is 0 Å². The van der Waals surface area contributed by atoms with Crippen LogP contribution in [0.1, 0.15) is 25.7 Å². The summed E-state index contributed by atoms with van der Waals surface area (Å²) in [4.78, 5) is 2.69. The first-order chi connectivity index (χ1) is 6.31. The normalized spacial score (nSPS) is 45.5. The molecule has 3 fully saturated rings. The molecule has 0 aromatic heterocycles. The first-order valence-corrected chi connectivity index (χ1v) is 5.79. The Bertz CT molecular complexity index is 186. The Balaban J connectivity index is 1.55. The molecule has 74 valence electrons. The van der Waals surface area contributed by atoms with E-state index in [0.29, 0.717) is 6.04 Å². The number of nitrogens with zero attached hydrogens (tertiary/aromatic N) is 1. The number of fused-ring (bicyclic) bond motifs is 1. The number of likely N-dealkylation sites (tertiary alicyclic amines) is 1. The van der Waals surface area contributed by atoms with Gasteiger partial charge in [0.2, 0.25) is 0 Å². The average molecular weight is 180 g/mol. The van der Waals surface area contributed by atoms with Gasteiger partial charge in [-0.05, 0) is 43.4 Å². The second kappa shape index (κ2) is 2.96. The van der Waals surface area contributed by atoms with E-state index < -0.39 is 0 Å². The Kier molecular flexibility index (Phi) is 1.88. The van der Waals surface area contributed by atoms with E-state index in [1.54, 1.807) is 0 Å². The first kappa shape index (κ1) is 8.25. The molecule has 0 spiro atoms. The van der Waals surface area contributed by atoms with Crippen LogP contribution in [-0.2, 0) is 0 Å². The number of rotatable bonds is 2. The van der Waals surface area contributed by atoms with E-state index in [1.165, 1.54) is 45.3 Å². The summed E-state index contributed by atoms with van der Waals surface area (Å²) in [7, 11) is 0. The van der Waals surface area contributed by atoms with Gasteiger partial charge in [0, 0.05) is 25.7 Å². The van der Waals surface area contributed by atoms with Crippen LogP contribution in [0.4, 0.5) is 0 Å². The molecular formula is C11H20N2. The summed E-state index contributed by atoms with van der Waals surface area (Å²) in [6.45, 7) is 4.10. The van der Waals surface area contributed by atoms with Gasteiger partial charge >= 0.3 is 0 Å². The van der Waals surface area contributed by atoms with E-state index in [1.807, 2.05) is 0 Å². The monoisotopic (exact) mass is 180 g/mol. The fourth-order valence-electron chi connectivity index (χ4n) is 3.26. The Morgan fingerprint density at radius 3 is 2.23 bits per heavy atom. The van der Waals surface area contributed by atoms with Crippen molar-refractivity contribution in [3.05, 3.63) is 0 Å². The van der Waals surface area contributed by atoms with Crippen LogP contribution in [0, 0.1) is 17.8 Å². The van der Waals surface area contributed by atoms with Gasteiger partial charge < -0.3 is 10.6 Å². The van der Waals surface area contributed by atoms with Gasteiger partial charge in [0.1, 0.15) is 0 Å². The van der Waals surface area contributed by atoms with E-state index in [2.05, 4.69) is 4.90 Å². The smallest absolute Gasteiger partial charge is 0.00452 e. The van der Waals surface area contributed by atoms with Crippen molar-refractivity contribution < 1.29 is 0 Å². The molecule has 2 heteroatoms. The maximum Gasteiger partial charge on any atom is 0.00452 e. The molecule has 0 aromatic carbocycles. The zero-order chi connectivity index (χ0) is 8.84. The minimum atomic E-state index is 0.526. The van der Waals surface area contributed by atoms with E-state index in [9.17, 15) is 0 Å². The quantitative estimate of drug-likeness (QED) is 0.688. The van der Waals surface area contributed by atoms with E-state index >= 15 is 0 Å². The summed E-state index contributed by atoms with van der Waals surface area (Å²) in [5.74, 6) is 2.97. The number of hydrogen-bond acceptors (Lipinski definition) is 2. The summed E-state index contributed by atoms with van der Waals surface area (Å²) >= 11 is 0. The minimum absolute atomic E-state index is 0.526.